The maximum atomic E-state index is 11.5. The summed E-state index contributed by atoms with van der Waals surface area (Å²) in [5.74, 6) is 3.51. The first-order valence-electron chi connectivity index (χ1n) is 13.7. The summed E-state index contributed by atoms with van der Waals surface area (Å²) in [7, 11) is 0. The third-order valence-electron chi connectivity index (χ3n) is 13.5. The highest BCUT2D eigenvalue weighted by Gasteiger charge is 2.72. The van der Waals surface area contributed by atoms with Crippen LogP contribution in [-0.2, 0) is 0 Å². The average molecular weight is 427 g/mol. The van der Waals surface area contributed by atoms with Crippen LogP contribution in [0.15, 0.2) is 11.6 Å². The lowest BCUT2D eigenvalue weighted by atomic mass is 9.31. The van der Waals surface area contributed by atoms with Crippen LogP contribution in [0.4, 0.5) is 0 Å². The second-order valence-electron chi connectivity index (χ2n) is 14.5. The van der Waals surface area contributed by atoms with Gasteiger partial charge in [0.2, 0.25) is 0 Å². The molecular weight excluding hydrogens is 376 g/mol. The highest BCUT2D eigenvalue weighted by atomic mass is 16.3. The Balaban J connectivity index is 1.56. The standard InChI is InChI=1S/C30H50O/c1-19(2)21-18-22(31)25-27(21,5)14-16-29(7)24-12-13-26(4)20(3)10-9-11-23(26)28(24,6)15-17-30(25,29)8/h10,19,21-25,31H,9,11-18H2,1-8H3. The van der Waals surface area contributed by atoms with Crippen LogP contribution in [0, 0.1) is 56.7 Å². The molecule has 0 aromatic carbocycles. The maximum Gasteiger partial charge on any atom is 0.0582 e. The first kappa shape index (κ1) is 22.5. The molecule has 0 aliphatic heterocycles. The van der Waals surface area contributed by atoms with Gasteiger partial charge in [0, 0.05) is 0 Å². The molecule has 31 heavy (non-hydrogen) atoms. The van der Waals surface area contributed by atoms with E-state index in [1.807, 2.05) is 0 Å². The van der Waals surface area contributed by atoms with Crippen LogP contribution in [0.1, 0.15) is 113 Å². The van der Waals surface area contributed by atoms with Crippen LogP contribution in [0.3, 0.4) is 0 Å². The van der Waals surface area contributed by atoms with Crippen LogP contribution in [-0.4, -0.2) is 11.2 Å². The zero-order chi connectivity index (χ0) is 22.6. The molecule has 4 saturated carbocycles. The van der Waals surface area contributed by atoms with E-state index < -0.39 is 0 Å². The number of aliphatic hydroxyl groups is 1. The molecule has 0 spiro atoms. The SMILES string of the molecule is CC1=CCCC2C1(C)CCC1C2(C)CCC2(C)C3C(O)CC(C(C)C)C3(C)CCC12C. The van der Waals surface area contributed by atoms with Crippen molar-refractivity contribution in [2.45, 2.75) is 119 Å². The van der Waals surface area contributed by atoms with Gasteiger partial charge in [0.25, 0.3) is 0 Å². The third-order valence-corrected chi connectivity index (χ3v) is 13.5. The van der Waals surface area contributed by atoms with Crippen LogP contribution in [0.25, 0.3) is 0 Å². The van der Waals surface area contributed by atoms with Gasteiger partial charge in [-0.1, -0.05) is 60.1 Å². The maximum absolute atomic E-state index is 11.5. The summed E-state index contributed by atoms with van der Waals surface area (Å²) in [5.41, 5.74) is 3.54. The summed E-state index contributed by atoms with van der Waals surface area (Å²) in [5, 5.41) is 11.5. The van der Waals surface area contributed by atoms with E-state index in [0.29, 0.717) is 39.4 Å². The number of allylic oxidation sites excluding steroid dienone is 2. The number of aliphatic hydroxyl groups excluding tert-OH is 1. The zero-order valence-corrected chi connectivity index (χ0v) is 21.9. The van der Waals surface area contributed by atoms with Crippen molar-refractivity contribution in [2.24, 2.45) is 56.7 Å². The largest absolute Gasteiger partial charge is 0.393 e. The van der Waals surface area contributed by atoms with Gasteiger partial charge >= 0.3 is 0 Å². The Morgan fingerprint density at radius 2 is 1.48 bits per heavy atom. The number of hydrogen-bond donors (Lipinski definition) is 1. The second-order valence-corrected chi connectivity index (χ2v) is 14.5. The van der Waals surface area contributed by atoms with Crippen LogP contribution in [0.5, 0.6) is 0 Å². The molecule has 10 atom stereocenters. The van der Waals surface area contributed by atoms with Crippen molar-refractivity contribution in [2.75, 3.05) is 0 Å². The molecule has 0 radical (unpaired) electrons. The zero-order valence-electron chi connectivity index (χ0n) is 21.9. The predicted octanol–water partition coefficient (Wildman–Crippen LogP) is 8.02. The van der Waals surface area contributed by atoms with Gasteiger partial charge in [-0.3, -0.25) is 0 Å². The molecule has 0 aromatic heterocycles. The van der Waals surface area contributed by atoms with E-state index in [-0.39, 0.29) is 11.5 Å². The molecule has 0 amide bonds. The molecule has 10 unspecified atom stereocenters. The minimum absolute atomic E-state index is 0.0971. The molecule has 1 N–H and O–H groups in total. The van der Waals surface area contributed by atoms with Gasteiger partial charge in [0.05, 0.1) is 6.10 Å². The molecule has 5 rings (SSSR count). The lowest BCUT2D eigenvalue weighted by Gasteiger charge is -2.73. The van der Waals surface area contributed by atoms with E-state index in [0.717, 1.165) is 18.3 Å². The third kappa shape index (κ3) is 2.54. The van der Waals surface area contributed by atoms with Crippen LogP contribution >= 0.6 is 0 Å². The quantitative estimate of drug-likeness (QED) is 0.421. The predicted molar refractivity (Wildman–Crippen MR) is 131 cm³/mol. The smallest absolute Gasteiger partial charge is 0.0582 e. The highest BCUT2D eigenvalue weighted by molar-refractivity contribution is 5.26. The van der Waals surface area contributed by atoms with E-state index in [1.54, 1.807) is 5.57 Å². The van der Waals surface area contributed by atoms with Crippen molar-refractivity contribution in [1.29, 1.82) is 0 Å². The molecule has 0 heterocycles. The van der Waals surface area contributed by atoms with E-state index in [9.17, 15) is 5.11 Å². The number of hydrogen-bond acceptors (Lipinski definition) is 1. The van der Waals surface area contributed by atoms with Gasteiger partial charge in [0.1, 0.15) is 0 Å². The van der Waals surface area contributed by atoms with Gasteiger partial charge < -0.3 is 5.11 Å². The van der Waals surface area contributed by atoms with E-state index in [2.05, 4.69) is 61.5 Å². The molecule has 5 aliphatic rings. The molecule has 176 valence electrons. The Kier molecular flexibility index (Phi) is 4.82. The fourth-order valence-corrected chi connectivity index (χ4v) is 11.7. The van der Waals surface area contributed by atoms with Crippen LogP contribution < -0.4 is 0 Å². The molecule has 1 nitrogen and oxygen atoms in total. The second kappa shape index (κ2) is 6.64. The van der Waals surface area contributed by atoms with Crippen LogP contribution in [0.2, 0.25) is 0 Å². The van der Waals surface area contributed by atoms with Crippen molar-refractivity contribution in [1.82, 2.24) is 0 Å². The van der Waals surface area contributed by atoms with Crippen molar-refractivity contribution < 1.29 is 5.11 Å². The minimum Gasteiger partial charge on any atom is -0.393 e. The summed E-state index contributed by atoms with van der Waals surface area (Å²) in [6.07, 6.45) is 14.4. The Morgan fingerprint density at radius 3 is 2.16 bits per heavy atom. The molecule has 4 fully saturated rings. The fourth-order valence-electron chi connectivity index (χ4n) is 11.7. The first-order chi connectivity index (χ1) is 14.3. The Labute approximate surface area is 192 Å². The van der Waals surface area contributed by atoms with Crippen molar-refractivity contribution >= 4 is 0 Å². The summed E-state index contributed by atoms with van der Waals surface area (Å²) in [6, 6.07) is 0. The Hall–Kier alpha value is -0.300. The summed E-state index contributed by atoms with van der Waals surface area (Å²) < 4.78 is 0. The molecule has 0 aromatic rings. The average Bonchev–Trinajstić information content (AvgIpc) is 2.97. The summed E-state index contributed by atoms with van der Waals surface area (Å²) >= 11 is 0. The van der Waals surface area contributed by atoms with E-state index >= 15 is 0 Å². The normalized spacial score (nSPS) is 58.8. The Bertz CT molecular complexity index is 781. The van der Waals surface area contributed by atoms with Crippen molar-refractivity contribution in [3.63, 3.8) is 0 Å². The van der Waals surface area contributed by atoms with Gasteiger partial charge in [-0.2, -0.15) is 0 Å². The molecule has 1 heteroatoms. The monoisotopic (exact) mass is 426 g/mol. The topological polar surface area (TPSA) is 20.2 Å². The Morgan fingerprint density at radius 1 is 0.839 bits per heavy atom. The number of fused-ring (bicyclic) bond motifs is 7. The summed E-state index contributed by atoms with van der Waals surface area (Å²) in [4.78, 5) is 0. The van der Waals surface area contributed by atoms with E-state index in [1.165, 1.54) is 51.4 Å². The van der Waals surface area contributed by atoms with Gasteiger partial charge in [-0.15, -0.1) is 0 Å². The highest BCUT2D eigenvalue weighted by Crippen LogP contribution is 2.78. The molecular formula is C30H50O. The van der Waals surface area contributed by atoms with Crippen molar-refractivity contribution in [3.05, 3.63) is 11.6 Å². The van der Waals surface area contributed by atoms with Gasteiger partial charge in [-0.25, -0.2) is 0 Å². The minimum atomic E-state index is -0.0971. The van der Waals surface area contributed by atoms with Crippen molar-refractivity contribution in [3.8, 4) is 0 Å². The lowest BCUT2D eigenvalue weighted by molar-refractivity contribution is -0.245. The number of rotatable bonds is 1. The molecule has 5 aliphatic carbocycles. The van der Waals surface area contributed by atoms with Gasteiger partial charge in [0.15, 0.2) is 0 Å². The fraction of sp³-hybridized carbons (Fsp3) is 0.933. The first-order valence-corrected chi connectivity index (χ1v) is 13.7. The molecule has 0 bridgehead atoms. The summed E-state index contributed by atoms with van der Waals surface area (Å²) in [6.45, 7) is 20.5. The lowest BCUT2D eigenvalue weighted by Crippen LogP contribution is -2.66. The van der Waals surface area contributed by atoms with E-state index in [4.69, 9.17) is 0 Å². The van der Waals surface area contributed by atoms with Gasteiger partial charge in [-0.05, 0) is 121 Å². The molecule has 0 saturated heterocycles.